The van der Waals surface area contributed by atoms with Crippen LogP contribution in [0.15, 0.2) is 34.2 Å². The molecule has 0 atom stereocenters. The number of aryl methyl sites for hydroxylation is 2. The molecule has 2 heterocycles. The van der Waals surface area contributed by atoms with Gasteiger partial charge in [0.1, 0.15) is 0 Å². The lowest BCUT2D eigenvalue weighted by molar-refractivity contribution is 0.346. The number of nitrogens with one attached hydrogen (secondary N) is 2. The van der Waals surface area contributed by atoms with Gasteiger partial charge in [0.2, 0.25) is 10.0 Å². The van der Waals surface area contributed by atoms with E-state index in [9.17, 15) is 8.42 Å². The Morgan fingerprint density at radius 3 is 2.35 bits per heavy atom. The van der Waals surface area contributed by atoms with Gasteiger partial charge < -0.3 is 10.6 Å². The molecule has 9 heteroatoms. The van der Waals surface area contributed by atoms with Crippen LogP contribution in [0.5, 0.6) is 0 Å². The van der Waals surface area contributed by atoms with Gasteiger partial charge in [0.25, 0.3) is 0 Å². The summed E-state index contributed by atoms with van der Waals surface area (Å²) < 4.78 is 29.1. The first kappa shape index (κ1) is 23.3. The van der Waals surface area contributed by atoms with Crippen molar-refractivity contribution < 1.29 is 8.42 Å². The van der Waals surface area contributed by atoms with Gasteiger partial charge in [0.05, 0.1) is 17.1 Å². The van der Waals surface area contributed by atoms with Gasteiger partial charge in [0, 0.05) is 44.5 Å². The number of hydrogen-bond acceptors (Lipinski definition) is 4. The van der Waals surface area contributed by atoms with Crippen LogP contribution < -0.4 is 10.6 Å². The number of benzene rings is 1. The SMILES string of the molecule is CCNC(=NCc1ccc(S(=O)(=O)N2CCCCC2)cc1)NCc1c(C)nn(C)c1C. The largest absolute Gasteiger partial charge is 0.357 e. The lowest BCUT2D eigenvalue weighted by Crippen LogP contribution is -2.37. The Hall–Kier alpha value is -2.39. The summed E-state index contributed by atoms with van der Waals surface area (Å²) in [7, 11) is -1.45. The number of hydrogen-bond donors (Lipinski definition) is 2. The van der Waals surface area contributed by atoms with Gasteiger partial charge >= 0.3 is 0 Å². The fourth-order valence-corrected chi connectivity index (χ4v) is 5.30. The van der Waals surface area contributed by atoms with Crippen molar-refractivity contribution in [2.45, 2.75) is 58.0 Å². The molecule has 1 aliphatic heterocycles. The Labute approximate surface area is 185 Å². The van der Waals surface area contributed by atoms with Crippen LogP contribution in [-0.2, 0) is 30.2 Å². The van der Waals surface area contributed by atoms with Crippen molar-refractivity contribution in [1.29, 1.82) is 0 Å². The predicted octanol–water partition coefficient (Wildman–Crippen LogP) is 2.47. The van der Waals surface area contributed by atoms with Gasteiger partial charge in [-0.2, -0.15) is 9.40 Å². The van der Waals surface area contributed by atoms with Gasteiger partial charge in [-0.05, 0) is 51.3 Å². The van der Waals surface area contributed by atoms with E-state index >= 15 is 0 Å². The van der Waals surface area contributed by atoms with E-state index in [1.165, 1.54) is 5.56 Å². The Kier molecular flexibility index (Phi) is 7.72. The Balaban J connectivity index is 1.65. The van der Waals surface area contributed by atoms with E-state index in [4.69, 9.17) is 0 Å². The highest BCUT2D eigenvalue weighted by Gasteiger charge is 2.25. The van der Waals surface area contributed by atoms with Crippen molar-refractivity contribution in [2.24, 2.45) is 12.0 Å². The molecule has 2 aromatic rings. The van der Waals surface area contributed by atoms with Crippen LogP contribution in [0, 0.1) is 13.8 Å². The maximum atomic E-state index is 12.8. The number of sulfonamides is 1. The van der Waals surface area contributed by atoms with Crippen LogP contribution in [0.25, 0.3) is 0 Å². The molecule has 3 rings (SSSR count). The fourth-order valence-electron chi connectivity index (χ4n) is 3.78. The zero-order valence-electron chi connectivity index (χ0n) is 19.0. The Morgan fingerprint density at radius 2 is 1.77 bits per heavy atom. The molecule has 0 spiro atoms. The topological polar surface area (TPSA) is 91.6 Å². The molecular formula is C22H34N6O2S. The second kappa shape index (κ2) is 10.3. The normalized spacial score (nSPS) is 15.8. The first-order chi connectivity index (χ1) is 14.8. The molecule has 0 radical (unpaired) electrons. The molecular weight excluding hydrogens is 412 g/mol. The number of aromatic nitrogens is 2. The minimum Gasteiger partial charge on any atom is -0.357 e. The summed E-state index contributed by atoms with van der Waals surface area (Å²) in [5, 5.41) is 11.1. The van der Waals surface area contributed by atoms with Gasteiger partial charge in [-0.25, -0.2) is 13.4 Å². The Morgan fingerprint density at radius 1 is 1.10 bits per heavy atom. The zero-order valence-corrected chi connectivity index (χ0v) is 19.8. The van der Waals surface area contributed by atoms with Crippen LogP contribution in [0.1, 0.15) is 48.7 Å². The third kappa shape index (κ3) is 5.65. The van der Waals surface area contributed by atoms with Crippen LogP contribution in [-0.4, -0.2) is 48.1 Å². The summed E-state index contributed by atoms with van der Waals surface area (Å²) in [5.74, 6) is 0.718. The molecule has 0 unspecified atom stereocenters. The molecule has 0 amide bonds. The first-order valence-electron chi connectivity index (χ1n) is 10.9. The maximum absolute atomic E-state index is 12.8. The lowest BCUT2D eigenvalue weighted by atomic mass is 10.2. The van der Waals surface area contributed by atoms with E-state index in [0.29, 0.717) is 31.1 Å². The third-order valence-corrected chi connectivity index (χ3v) is 7.64. The summed E-state index contributed by atoms with van der Waals surface area (Å²) >= 11 is 0. The van der Waals surface area contributed by atoms with Crippen molar-refractivity contribution in [3.05, 3.63) is 46.8 Å². The van der Waals surface area contributed by atoms with Gasteiger partial charge in [0.15, 0.2) is 5.96 Å². The molecule has 1 saturated heterocycles. The Bertz CT molecular complexity index is 1010. The molecule has 8 nitrogen and oxygen atoms in total. The second-order valence-corrected chi connectivity index (χ2v) is 9.87. The zero-order chi connectivity index (χ0) is 22.4. The predicted molar refractivity (Wildman–Crippen MR) is 123 cm³/mol. The maximum Gasteiger partial charge on any atom is 0.243 e. The van der Waals surface area contributed by atoms with E-state index in [2.05, 4.69) is 27.6 Å². The van der Waals surface area contributed by atoms with Crippen LogP contribution in [0.2, 0.25) is 0 Å². The number of guanidine groups is 1. The molecule has 31 heavy (non-hydrogen) atoms. The third-order valence-electron chi connectivity index (χ3n) is 5.73. The van der Waals surface area contributed by atoms with E-state index < -0.39 is 10.0 Å². The molecule has 170 valence electrons. The average Bonchev–Trinajstić information content (AvgIpc) is 3.02. The molecule has 0 saturated carbocycles. The van der Waals surface area contributed by atoms with Crippen molar-refractivity contribution in [3.8, 4) is 0 Å². The quantitative estimate of drug-likeness (QED) is 0.504. The highest BCUT2D eigenvalue weighted by molar-refractivity contribution is 7.89. The standard InChI is InChI=1S/C22H34N6O2S/c1-5-23-22(25-16-21-17(2)26-27(4)18(21)3)24-15-19-9-11-20(12-10-19)31(29,30)28-13-7-6-8-14-28/h9-12H,5-8,13-16H2,1-4H3,(H2,23,24,25). The van der Waals surface area contributed by atoms with Crippen LogP contribution >= 0.6 is 0 Å². The van der Waals surface area contributed by atoms with Crippen molar-refractivity contribution in [3.63, 3.8) is 0 Å². The number of aliphatic imine (C=N–C) groups is 1. The van der Waals surface area contributed by atoms with Gasteiger partial charge in [-0.1, -0.05) is 18.6 Å². The van der Waals surface area contributed by atoms with E-state index in [0.717, 1.165) is 48.7 Å². The van der Waals surface area contributed by atoms with Crippen molar-refractivity contribution in [1.82, 2.24) is 24.7 Å². The monoisotopic (exact) mass is 446 g/mol. The molecule has 1 aromatic carbocycles. The minimum atomic E-state index is -3.40. The summed E-state index contributed by atoms with van der Waals surface area (Å²) in [4.78, 5) is 5.01. The number of nitrogens with zero attached hydrogens (tertiary/aromatic N) is 4. The van der Waals surface area contributed by atoms with Crippen LogP contribution in [0.4, 0.5) is 0 Å². The van der Waals surface area contributed by atoms with E-state index in [1.54, 1.807) is 16.4 Å². The first-order valence-corrected chi connectivity index (χ1v) is 12.4. The van der Waals surface area contributed by atoms with Gasteiger partial charge in [-0.3, -0.25) is 4.68 Å². The molecule has 1 fully saturated rings. The molecule has 0 aliphatic carbocycles. The van der Waals surface area contributed by atoms with Crippen molar-refractivity contribution in [2.75, 3.05) is 19.6 Å². The highest BCUT2D eigenvalue weighted by Crippen LogP contribution is 2.21. The minimum absolute atomic E-state index is 0.356. The highest BCUT2D eigenvalue weighted by atomic mass is 32.2. The average molecular weight is 447 g/mol. The molecule has 1 aliphatic rings. The summed E-state index contributed by atoms with van der Waals surface area (Å²) in [6.07, 6.45) is 2.97. The fraction of sp³-hybridized carbons (Fsp3) is 0.545. The summed E-state index contributed by atoms with van der Waals surface area (Å²) in [6.45, 7) is 9.18. The second-order valence-electron chi connectivity index (χ2n) is 7.93. The van der Waals surface area contributed by atoms with Crippen LogP contribution in [0.3, 0.4) is 0 Å². The number of piperidine rings is 1. The molecule has 0 bridgehead atoms. The number of rotatable bonds is 7. The summed E-state index contributed by atoms with van der Waals surface area (Å²) in [5.41, 5.74) is 4.27. The summed E-state index contributed by atoms with van der Waals surface area (Å²) in [6, 6.07) is 7.08. The molecule has 2 N–H and O–H groups in total. The van der Waals surface area contributed by atoms with E-state index in [1.807, 2.05) is 37.7 Å². The van der Waals surface area contributed by atoms with Gasteiger partial charge in [-0.15, -0.1) is 0 Å². The lowest BCUT2D eigenvalue weighted by Gasteiger charge is -2.25. The van der Waals surface area contributed by atoms with Crippen molar-refractivity contribution >= 4 is 16.0 Å². The molecule has 1 aromatic heterocycles. The van der Waals surface area contributed by atoms with E-state index in [-0.39, 0.29) is 0 Å². The smallest absolute Gasteiger partial charge is 0.243 e.